The molecule has 1 aromatic carbocycles. The first-order chi connectivity index (χ1) is 16.8. The molecule has 0 spiro atoms. The molecule has 35 heavy (non-hydrogen) atoms. The molecule has 3 aromatic heterocycles. The molecule has 178 valence electrons. The number of amides is 2. The highest BCUT2D eigenvalue weighted by atomic mass is 35.5. The SMILES string of the molecule is COc1cnc(Cl)cc1-c1cc(C)ncc1C(=O)Nc1nc2cc3c(cc2s1)C(=O)N(C)CCC3. The van der Waals surface area contributed by atoms with Gasteiger partial charge in [-0.1, -0.05) is 22.9 Å². The number of ether oxygens (including phenoxy) is 1. The van der Waals surface area contributed by atoms with E-state index in [9.17, 15) is 9.59 Å². The maximum atomic E-state index is 13.3. The fourth-order valence-electron chi connectivity index (χ4n) is 4.21. The minimum absolute atomic E-state index is 0.0127. The van der Waals surface area contributed by atoms with E-state index < -0.39 is 0 Å². The van der Waals surface area contributed by atoms with Crippen LogP contribution in [0, 0.1) is 6.92 Å². The van der Waals surface area contributed by atoms with Crippen LogP contribution in [0.5, 0.6) is 5.75 Å². The summed E-state index contributed by atoms with van der Waals surface area (Å²) in [6.07, 6.45) is 4.76. The number of benzene rings is 1. The van der Waals surface area contributed by atoms with Gasteiger partial charge < -0.3 is 9.64 Å². The lowest BCUT2D eigenvalue weighted by atomic mass is 10.0. The molecule has 10 heteroatoms. The molecule has 1 N–H and O–H groups in total. The first kappa shape index (κ1) is 23.2. The maximum Gasteiger partial charge on any atom is 0.259 e. The van der Waals surface area contributed by atoms with Crippen molar-refractivity contribution in [2.45, 2.75) is 19.8 Å². The van der Waals surface area contributed by atoms with Gasteiger partial charge in [-0.3, -0.25) is 19.9 Å². The Kier molecular flexibility index (Phi) is 6.12. The van der Waals surface area contributed by atoms with Gasteiger partial charge >= 0.3 is 0 Å². The van der Waals surface area contributed by atoms with Crippen molar-refractivity contribution in [2.24, 2.45) is 0 Å². The lowest BCUT2D eigenvalue weighted by molar-refractivity contribution is 0.0800. The van der Waals surface area contributed by atoms with Crippen LogP contribution in [-0.4, -0.2) is 52.4 Å². The zero-order chi connectivity index (χ0) is 24.7. The molecule has 0 unspecified atom stereocenters. The summed E-state index contributed by atoms with van der Waals surface area (Å²) in [7, 11) is 3.35. The van der Waals surface area contributed by atoms with Crippen LogP contribution >= 0.6 is 22.9 Å². The van der Waals surface area contributed by atoms with E-state index in [4.69, 9.17) is 16.3 Å². The molecule has 0 radical (unpaired) electrons. The zero-order valence-electron chi connectivity index (χ0n) is 19.4. The van der Waals surface area contributed by atoms with Gasteiger partial charge in [0.25, 0.3) is 11.8 Å². The predicted octanol–water partition coefficient (Wildman–Crippen LogP) is 4.99. The van der Waals surface area contributed by atoms with Gasteiger partial charge in [0, 0.05) is 42.2 Å². The van der Waals surface area contributed by atoms with E-state index in [0.29, 0.717) is 33.1 Å². The Morgan fingerprint density at radius 2 is 1.97 bits per heavy atom. The van der Waals surface area contributed by atoms with E-state index in [-0.39, 0.29) is 17.0 Å². The molecule has 2 amide bonds. The van der Waals surface area contributed by atoms with Gasteiger partial charge in [0.05, 0.1) is 29.1 Å². The summed E-state index contributed by atoms with van der Waals surface area (Å²) in [4.78, 5) is 40.8. The molecule has 1 aliphatic rings. The van der Waals surface area contributed by atoms with Crippen molar-refractivity contribution >= 4 is 50.1 Å². The second-order valence-corrected chi connectivity index (χ2v) is 9.78. The molecule has 5 rings (SSSR count). The van der Waals surface area contributed by atoms with E-state index in [1.807, 2.05) is 26.1 Å². The average molecular weight is 508 g/mol. The van der Waals surface area contributed by atoms with Gasteiger partial charge in [-0.2, -0.15) is 0 Å². The number of nitrogens with one attached hydrogen (secondary N) is 1. The molecule has 0 saturated heterocycles. The first-order valence-corrected chi connectivity index (χ1v) is 12.2. The van der Waals surface area contributed by atoms with Gasteiger partial charge in [0.2, 0.25) is 0 Å². The Balaban J connectivity index is 1.51. The number of fused-ring (bicyclic) bond motifs is 2. The van der Waals surface area contributed by atoms with Crippen LogP contribution in [0.2, 0.25) is 5.15 Å². The molecular formula is C25H22ClN5O3S. The molecular weight excluding hydrogens is 486 g/mol. The minimum Gasteiger partial charge on any atom is -0.494 e. The third kappa shape index (κ3) is 4.44. The molecule has 4 aromatic rings. The summed E-state index contributed by atoms with van der Waals surface area (Å²) in [5.41, 5.74) is 4.79. The quantitative estimate of drug-likeness (QED) is 0.391. The van der Waals surface area contributed by atoms with Crippen LogP contribution in [0.4, 0.5) is 5.13 Å². The van der Waals surface area contributed by atoms with Gasteiger partial charge in [-0.15, -0.1) is 0 Å². The van der Waals surface area contributed by atoms with Gasteiger partial charge in [0.1, 0.15) is 10.9 Å². The predicted molar refractivity (Wildman–Crippen MR) is 137 cm³/mol. The van der Waals surface area contributed by atoms with E-state index in [1.54, 1.807) is 17.0 Å². The van der Waals surface area contributed by atoms with Crippen LogP contribution in [0.3, 0.4) is 0 Å². The Hall–Kier alpha value is -3.56. The summed E-state index contributed by atoms with van der Waals surface area (Å²) in [6.45, 7) is 2.58. The minimum atomic E-state index is -0.362. The highest BCUT2D eigenvalue weighted by Gasteiger charge is 2.23. The van der Waals surface area contributed by atoms with Gasteiger partial charge in [0.15, 0.2) is 5.13 Å². The Morgan fingerprint density at radius 3 is 2.77 bits per heavy atom. The molecule has 0 fully saturated rings. The highest BCUT2D eigenvalue weighted by molar-refractivity contribution is 7.22. The summed E-state index contributed by atoms with van der Waals surface area (Å²) in [6, 6.07) is 7.30. The standard InChI is InChI=1S/C25H22ClN5O3S/c1-13-7-16(17-10-22(26)28-12-20(17)34-3)18(11-27-13)23(32)30-25-29-19-8-14-5-4-6-31(2)24(33)15(14)9-21(19)35-25/h7-12H,4-6H2,1-3H3,(H,29,30,32). The number of thiazole rings is 1. The van der Waals surface area contributed by atoms with Gasteiger partial charge in [-0.05, 0) is 49.6 Å². The van der Waals surface area contributed by atoms with Crippen molar-refractivity contribution in [1.29, 1.82) is 0 Å². The number of nitrogens with zero attached hydrogens (tertiary/aromatic N) is 4. The number of aromatic nitrogens is 3. The van der Waals surface area contributed by atoms with Crippen molar-refractivity contribution in [2.75, 3.05) is 26.0 Å². The molecule has 1 aliphatic heterocycles. The number of carbonyl (C=O) groups excluding carboxylic acids is 2. The molecule has 0 saturated carbocycles. The number of hydrogen-bond acceptors (Lipinski definition) is 7. The number of aryl methyl sites for hydroxylation is 2. The smallest absolute Gasteiger partial charge is 0.259 e. The molecule has 0 bridgehead atoms. The number of methoxy groups -OCH3 is 1. The van der Waals surface area contributed by atoms with E-state index in [1.165, 1.54) is 30.8 Å². The second kappa shape index (κ2) is 9.24. The van der Waals surface area contributed by atoms with Crippen LogP contribution in [0.1, 0.15) is 38.4 Å². The van der Waals surface area contributed by atoms with Crippen LogP contribution in [0.15, 0.2) is 36.7 Å². The van der Waals surface area contributed by atoms with E-state index in [0.717, 1.165) is 40.9 Å². The number of pyridine rings is 2. The molecule has 0 aliphatic carbocycles. The average Bonchev–Trinajstić information content (AvgIpc) is 3.17. The maximum absolute atomic E-state index is 13.3. The van der Waals surface area contributed by atoms with Crippen molar-refractivity contribution in [3.8, 4) is 16.9 Å². The largest absolute Gasteiger partial charge is 0.494 e. The van der Waals surface area contributed by atoms with Crippen molar-refractivity contribution in [3.05, 3.63) is 64.2 Å². The summed E-state index contributed by atoms with van der Waals surface area (Å²) in [5, 5.41) is 3.62. The number of hydrogen-bond donors (Lipinski definition) is 1. The number of halogens is 1. The second-order valence-electron chi connectivity index (χ2n) is 8.36. The Morgan fingerprint density at radius 1 is 1.14 bits per heavy atom. The Bertz CT molecular complexity index is 1490. The van der Waals surface area contributed by atoms with Crippen molar-refractivity contribution in [3.63, 3.8) is 0 Å². The third-order valence-corrected chi connectivity index (χ3v) is 7.12. The van der Waals surface area contributed by atoms with E-state index in [2.05, 4.69) is 20.3 Å². The number of anilines is 1. The highest BCUT2D eigenvalue weighted by Crippen LogP contribution is 2.35. The fraction of sp³-hybridized carbons (Fsp3) is 0.240. The lowest BCUT2D eigenvalue weighted by Crippen LogP contribution is -2.26. The molecule has 0 atom stereocenters. The van der Waals surface area contributed by atoms with Crippen molar-refractivity contribution < 1.29 is 14.3 Å². The topological polar surface area (TPSA) is 97.3 Å². The Labute approximate surface area is 210 Å². The summed E-state index contributed by atoms with van der Waals surface area (Å²) >= 11 is 7.46. The molecule has 8 nitrogen and oxygen atoms in total. The fourth-order valence-corrected chi connectivity index (χ4v) is 5.25. The monoisotopic (exact) mass is 507 g/mol. The van der Waals surface area contributed by atoms with Crippen LogP contribution in [-0.2, 0) is 6.42 Å². The first-order valence-electron chi connectivity index (χ1n) is 11.0. The van der Waals surface area contributed by atoms with Crippen LogP contribution in [0.25, 0.3) is 21.3 Å². The van der Waals surface area contributed by atoms with E-state index >= 15 is 0 Å². The summed E-state index contributed by atoms with van der Waals surface area (Å²) in [5.74, 6) is 0.141. The molecule has 4 heterocycles. The number of carbonyl (C=O) groups is 2. The van der Waals surface area contributed by atoms with Crippen molar-refractivity contribution in [1.82, 2.24) is 19.9 Å². The third-order valence-electron chi connectivity index (χ3n) is 5.98. The summed E-state index contributed by atoms with van der Waals surface area (Å²) < 4.78 is 6.29. The zero-order valence-corrected chi connectivity index (χ0v) is 21.0. The normalized spacial score (nSPS) is 13.5. The number of rotatable bonds is 4. The van der Waals surface area contributed by atoms with Gasteiger partial charge in [-0.25, -0.2) is 9.97 Å². The van der Waals surface area contributed by atoms with Crippen LogP contribution < -0.4 is 10.1 Å². The lowest BCUT2D eigenvalue weighted by Gasteiger charge is -2.13.